The van der Waals surface area contributed by atoms with Gasteiger partial charge < -0.3 is 4.57 Å². The number of amides is 1. The summed E-state index contributed by atoms with van der Waals surface area (Å²) in [6, 6.07) is 13.0. The van der Waals surface area contributed by atoms with Gasteiger partial charge in [0.2, 0.25) is 11.0 Å². The molecule has 1 saturated carbocycles. The van der Waals surface area contributed by atoms with Crippen LogP contribution in [0.3, 0.4) is 0 Å². The van der Waals surface area contributed by atoms with Gasteiger partial charge in [0.05, 0.1) is 15.5 Å². The van der Waals surface area contributed by atoms with E-state index in [0.29, 0.717) is 32.6 Å². The molecule has 2 aromatic heterocycles. The standard InChI is InChI=1S/C23H22FN7O2S3/c1-2-31-20(14-3-7-16(24)8-4-14)27-30-23(31)34-13-19(32)26-22-29-28-21(35-22)15-5-9-17(10-6-15)36(25,33)18-11-12-18/h3-10,18,25H,2,11-13H2,1H3,(H,26,29,32). The Bertz CT molecular complexity index is 1500. The molecule has 1 fully saturated rings. The van der Waals surface area contributed by atoms with Gasteiger partial charge in [0.25, 0.3) is 0 Å². The number of hydrogen-bond acceptors (Lipinski definition) is 9. The predicted molar refractivity (Wildman–Crippen MR) is 138 cm³/mol. The van der Waals surface area contributed by atoms with E-state index in [1.54, 1.807) is 36.4 Å². The Morgan fingerprint density at radius 2 is 1.81 bits per heavy atom. The second kappa shape index (κ2) is 10.1. The van der Waals surface area contributed by atoms with Gasteiger partial charge in [0.1, 0.15) is 10.8 Å². The SMILES string of the molecule is CCn1c(SCC(=O)Nc2nnc(-c3ccc(S(=N)(=O)C4CC4)cc3)s2)nnc1-c1ccc(F)cc1. The van der Waals surface area contributed by atoms with Crippen molar-refractivity contribution in [2.24, 2.45) is 0 Å². The number of nitrogens with zero attached hydrogens (tertiary/aromatic N) is 5. The lowest BCUT2D eigenvalue weighted by molar-refractivity contribution is -0.113. The molecule has 36 heavy (non-hydrogen) atoms. The van der Waals surface area contributed by atoms with Crippen molar-refractivity contribution < 1.29 is 13.4 Å². The summed E-state index contributed by atoms with van der Waals surface area (Å²) in [5.41, 5.74) is 1.52. The highest BCUT2D eigenvalue weighted by Gasteiger charge is 2.33. The summed E-state index contributed by atoms with van der Waals surface area (Å²) in [6.45, 7) is 2.54. The molecule has 1 aliphatic rings. The molecule has 9 nitrogen and oxygen atoms in total. The summed E-state index contributed by atoms with van der Waals surface area (Å²) in [5.74, 6) is 0.129. The van der Waals surface area contributed by atoms with Crippen molar-refractivity contribution in [2.45, 2.75) is 41.6 Å². The number of rotatable bonds is 9. The maximum Gasteiger partial charge on any atom is 0.236 e. The first-order chi connectivity index (χ1) is 17.3. The molecule has 1 unspecified atom stereocenters. The number of halogens is 1. The molecular formula is C23H22FN7O2S3. The first-order valence-electron chi connectivity index (χ1n) is 11.2. The van der Waals surface area contributed by atoms with Crippen molar-refractivity contribution >= 4 is 43.9 Å². The second-order valence-electron chi connectivity index (χ2n) is 8.13. The number of hydrogen-bond donors (Lipinski definition) is 2. The van der Waals surface area contributed by atoms with Crippen LogP contribution in [0.15, 0.2) is 58.6 Å². The molecule has 1 amide bonds. The maximum absolute atomic E-state index is 13.2. The third kappa shape index (κ3) is 5.18. The van der Waals surface area contributed by atoms with E-state index in [2.05, 4.69) is 25.7 Å². The lowest BCUT2D eigenvalue weighted by Gasteiger charge is -2.07. The van der Waals surface area contributed by atoms with E-state index >= 15 is 0 Å². The Hall–Kier alpha value is -3.16. The predicted octanol–water partition coefficient (Wildman–Crippen LogP) is 4.92. The van der Waals surface area contributed by atoms with E-state index < -0.39 is 9.73 Å². The van der Waals surface area contributed by atoms with Gasteiger partial charge in [-0.15, -0.1) is 20.4 Å². The molecule has 0 saturated heterocycles. The third-order valence-electron chi connectivity index (χ3n) is 5.58. The summed E-state index contributed by atoms with van der Waals surface area (Å²) in [6.07, 6.45) is 1.68. The minimum atomic E-state index is -2.74. The summed E-state index contributed by atoms with van der Waals surface area (Å²) < 4.78 is 35.8. The highest BCUT2D eigenvalue weighted by atomic mass is 32.2. The van der Waals surface area contributed by atoms with Gasteiger partial charge in [-0.2, -0.15) is 0 Å². The van der Waals surface area contributed by atoms with Crippen LogP contribution < -0.4 is 5.32 Å². The number of benzene rings is 2. The third-order valence-corrected chi connectivity index (χ3v) is 9.82. The van der Waals surface area contributed by atoms with Gasteiger partial charge in [-0.1, -0.05) is 35.2 Å². The quantitative estimate of drug-likeness (QED) is 0.287. The summed E-state index contributed by atoms with van der Waals surface area (Å²) in [5, 5.41) is 20.9. The fourth-order valence-corrected chi connectivity index (χ4v) is 6.85. The Morgan fingerprint density at radius 1 is 1.11 bits per heavy atom. The first kappa shape index (κ1) is 24.5. The van der Waals surface area contributed by atoms with Crippen molar-refractivity contribution in [3.05, 3.63) is 54.3 Å². The molecule has 0 aliphatic heterocycles. The largest absolute Gasteiger partial charge is 0.302 e. The summed E-state index contributed by atoms with van der Waals surface area (Å²) in [7, 11) is -2.74. The lowest BCUT2D eigenvalue weighted by atomic mass is 10.2. The number of carbonyl (C=O) groups is 1. The smallest absolute Gasteiger partial charge is 0.236 e. The number of anilines is 1. The van der Waals surface area contributed by atoms with Crippen LogP contribution in [0.2, 0.25) is 0 Å². The van der Waals surface area contributed by atoms with Crippen LogP contribution in [0, 0.1) is 10.6 Å². The van der Waals surface area contributed by atoms with Crippen LogP contribution in [-0.2, 0) is 21.1 Å². The van der Waals surface area contributed by atoms with Gasteiger partial charge in [-0.25, -0.2) is 13.4 Å². The minimum Gasteiger partial charge on any atom is -0.302 e. The molecule has 2 aromatic carbocycles. The van der Waals surface area contributed by atoms with E-state index in [4.69, 9.17) is 4.78 Å². The molecule has 1 aliphatic carbocycles. The molecule has 2 N–H and O–H groups in total. The lowest BCUT2D eigenvalue weighted by Crippen LogP contribution is -2.14. The average Bonchev–Trinajstić information content (AvgIpc) is 3.52. The van der Waals surface area contributed by atoms with Crippen molar-refractivity contribution in [2.75, 3.05) is 11.1 Å². The van der Waals surface area contributed by atoms with Gasteiger partial charge in [0.15, 0.2) is 11.0 Å². The molecule has 2 heterocycles. The number of aromatic nitrogens is 5. The van der Waals surface area contributed by atoms with Crippen LogP contribution in [-0.4, -0.2) is 46.1 Å². The van der Waals surface area contributed by atoms with Gasteiger partial charge in [-0.05, 0) is 56.2 Å². The number of thioether (sulfide) groups is 1. The zero-order valence-electron chi connectivity index (χ0n) is 19.2. The van der Waals surface area contributed by atoms with Crippen molar-refractivity contribution in [1.82, 2.24) is 25.0 Å². The second-order valence-corrected chi connectivity index (χ2v) is 12.4. The fraction of sp³-hybridized carbons (Fsp3) is 0.261. The zero-order chi connectivity index (χ0) is 25.3. The van der Waals surface area contributed by atoms with E-state index in [1.165, 1.54) is 35.2 Å². The topological polar surface area (TPSA) is 127 Å². The molecule has 5 rings (SSSR count). The van der Waals surface area contributed by atoms with Crippen LogP contribution in [0.25, 0.3) is 22.0 Å². The van der Waals surface area contributed by atoms with Crippen LogP contribution >= 0.6 is 23.1 Å². The Kier molecular flexibility index (Phi) is 6.86. The first-order valence-corrected chi connectivity index (χ1v) is 14.6. The maximum atomic E-state index is 13.2. The normalized spacial score (nSPS) is 14.9. The molecule has 0 spiro atoms. The molecule has 0 radical (unpaired) electrons. The highest BCUT2D eigenvalue weighted by Crippen LogP contribution is 2.35. The molecule has 4 aromatic rings. The van der Waals surface area contributed by atoms with Crippen molar-refractivity contribution in [3.63, 3.8) is 0 Å². The summed E-state index contributed by atoms with van der Waals surface area (Å²) in [4.78, 5) is 13.1. The van der Waals surface area contributed by atoms with Gasteiger partial charge in [-0.3, -0.25) is 10.1 Å². The summed E-state index contributed by atoms with van der Waals surface area (Å²) >= 11 is 2.48. The molecule has 186 valence electrons. The zero-order valence-corrected chi connectivity index (χ0v) is 21.6. The van der Waals surface area contributed by atoms with Crippen LogP contribution in [0.5, 0.6) is 0 Å². The van der Waals surface area contributed by atoms with E-state index in [-0.39, 0.29) is 22.7 Å². The van der Waals surface area contributed by atoms with E-state index in [1.807, 2.05) is 11.5 Å². The molecule has 0 bridgehead atoms. The van der Waals surface area contributed by atoms with Gasteiger partial charge in [0, 0.05) is 27.8 Å². The van der Waals surface area contributed by atoms with E-state index in [0.717, 1.165) is 24.0 Å². The Labute approximate surface area is 215 Å². The van der Waals surface area contributed by atoms with Gasteiger partial charge >= 0.3 is 0 Å². The number of nitrogens with one attached hydrogen (secondary N) is 2. The Balaban J connectivity index is 1.20. The van der Waals surface area contributed by atoms with E-state index in [9.17, 15) is 13.4 Å². The van der Waals surface area contributed by atoms with Crippen molar-refractivity contribution in [1.29, 1.82) is 4.78 Å². The molecule has 1 atom stereocenters. The highest BCUT2D eigenvalue weighted by molar-refractivity contribution is 7.99. The minimum absolute atomic E-state index is 0.0368. The van der Waals surface area contributed by atoms with Crippen molar-refractivity contribution in [3.8, 4) is 22.0 Å². The average molecular weight is 544 g/mol. The molecule has 13 heteroatoms. The Morgan fingerprint density at radius 3 is 2.47 bits per heavy atom. The molecular weight excluding hydrogens is 521 g/mol. The van der Waals surface area contributed by atoms with Crippen LogP contribution in [0.4, 0.5) is 9.52 Å². The number of carbonyl (C=O) groups excluding carboxylic acids is 1. The van der Waals surface area contributed by atoms with Crippen LogP contribution in [0.1, 0.15) is 19.8 Å². The fourth-order valence-electron chi connectivity index (χ4n) is 3.56. The monoisotopic (exact) mass is 543 g/mol.